The van der Waals surface area contributed by atoms with Gasteiger partial charge < -0.3 is 15.0 Å². The first-order valence-corrected chi connectivity index (χ1v) is 6.12. The van der Waals surface area contributed by atoms with Crippen molar-refractivity contribution in [2.75, 3.05) is 0 Å². The van der Waals surface area contributed by atoms with Gasteiger partial charge in [-0.05, 0) is 34.8 Å². The molecular formula is C11H13BrN2O3. The molecule has 1 heterocycles. The fraction of sp³-hybridized carbons (Fsp3) is 0.455. The predicted octanol–water partition coefficient (Wildman–Crippen LogP) is 1.38. The highest BCUT2D eigenvalue weighted by molar-refractivity contribution is 9.10. The van der Waals surface area contributed by atoms with Crippen LogP contribution in [0.4, 0.5) is 0 Å². The maximum Gasteiger partial charge on any atom is 0.306 e. The van der Waals surface area contributed by atoms with Crippen LogP contribution in [0.15, 0.2) is 16.7 Å². The average Bonchev–Trinajstić information content (AvgIpc) is 2.49. The first kappa shape index (κ1) is 12.2. The second kappa shape index (κ2) is 4.52. The number of halogens is 1. The molecule has 1 aliphatic rings. The summed E-state index contributed by atoms with van der Waals surface area (Å²) in [4.78, 5) is 22.5. The number of aliphatic carboxylic acids is 1. The molecule has 0 radical (unpaired) electrons. The summed E-state index contributed by atoms with van der Waals surface area (Å²) in [6.07, 6.45) is 2.84. The Bertz CT molecular complexity index is 463. The van der Waals surface area contributed by atoms with E-state index in [-0.39, 0.29) is 17.9 Å². The van der Waals surface area contributed by atoms with Gasteiger partial charge in [0.25, 0.3) is 5.91 Å². The molecule has 0 aromatic carbocycles. The van der Waals surface area contributed by atoms with E-state index in [1.165, 1.54) is 0 Å². The van der Waals surface area contributed by atoms with Gasteiger partial charge in [0.05, 0.1) is 5.92 Å². The lowest BCUT2D eigenvalue weighted by Crippen LogP contribution is -2.47. The SMILES string of the molecule is Cn1cc(Br)cc1C(=O)NC1CC(C(=O)O)C1. The summed E-state index contributed by atoms with van der Waals surface area (Å²) >= 11 is 3.30. The molecule has 0 aliphatic heterocycles. The fourth-order valence-electron chi connectivity index (χ4n) is 1.95. The largest absolute Gasteiger partial charge is 0.481 e. The topological polar surface area (TPSA) is 71.3 Å². The molecule has 1 amide bonds. The van der Waals surface area contributed by atoms with E-state index in [1.807, 2.05) is 0 Å². The molecule has 92 valence electrons. The third-order valence-electron chi connectivity index (χ3n) is 3.03. The molecule has 0 bridgehead atoms. The van der Waals surface area contributed by atoms with Crippen molar-refractivity contribution in [3.05, 3.63) is 22.4 Å². The maximum atomic E-state index is 11.9. The molecule has 1 aromatic heterocycles. The minimum Gasteiger partial charge on any atom is -0.481 e. The van der Waals surface area contributed by atoms with Crippen molar-refractivity contribution in [2.24, 2.45) is 13.0 Å². The summed E-state index contributed by atoms with van der Waals surface area (Å²) in [5.41, 5.74) is 0.565. The number of aryl methyl sites for hydroxylation is 1. The summed E-state index contributed by atoms with van der Waals surface area (Å²) in [6.45, 7) is 0. The highest BCUT2D eigenvalue weighted by Gasteiger charge is 2.35. The molecule has 1 fully saturated rings. The van der Waals surface area contributed by atoms with Gasteiger partial charge in [0, 0.05) is 23.8 Å². The minimum atomic E-state index is -0.780. The molecule has 1 aliphatic carbocycles. The third kappa shape index (κ3) is 2.52. The molecule has 6 heteroatoms. The van der Waals surface area contributed by atoms with E-state index in [0.717, 1.165) is 4.47 Å². The Hall–Kier alpha value is -1.30. The molecule has 2 rings (SSSR count). The van der Waals surface area contributed by atoms with Gasteiger partial charge in [-0.3, -0.25) is 9.59 Å². The second-order valence-corrected chi connectivity index (χ2v) is 5.25. The lowest BCUT2D eigenvalue weighted by atomic mass is 9.80. The van der Waals surface area contributed by atoms with Crippen LogP contribution in [0.5, 0.6) is 0 Å². The monoisotopic (exact) mass is 300 g/mol. The Morgan fingerprint density at radius 3 is 2.65 bits per heavy atom. The Morgan fingerprint density at radius 1 is 1.53 bits per heavy atom. The van der Waals surface area contributed by atoms with Crippen LogP contribution in [0.1, 0.15) is 23.3 Å². The number of carbonyl (C=O) groups excluding carboxylic acids is 1. The Labute approximate surface area is 107 Å². The minimum absolute atomic E-state index is 0.0164. The number of rotatable bonds is 3. The standard InChI is InChI=1S/C11H13BrN2O3/c1-14-5-7(12)4-9(14)10(15)13-8-2-6(3-8)11(16)17/h4-6,8H,2-3H2,1H3,(H,13,15)(H,16,17). The van der Waals surface area contributed by atoms with E-state index in [1.54, 1.807) is 23.9 Å². The van der Waals surface area contributed by atoms with Crippen molar-refractivity contribution < 1.29 is 14.7 Å². The van der Waals surface area contributed by atoms with Crippen molar-refractivity contribution in [3.8, 4) is 0 Å². The van der Waals surface area contributed by atoms with Crippen LogP contribution < -0.4 is 5.32 Å². The Kier molecular flexibility index (Phi) is 3.24. The van der Waals surface area contributed by atoms with E-state index in [9.17, 15) is 9.59 Å². The van der Waals surface area contributed by atoms with E-state index < -0.39 is 5.97 Å². The molecule has 17 heavy (non-hydrogen) atoms. The number of hydrogen-bond donors (Lipinski definition) is 2. The van der Waals surface area contributed by atoms with Crippen molar-refractivity contribution >= 4 is 27.8 Å². The quantitative estimate of drug-likeness (QED) is 0.886. The van der Waals surface area contributed by atoms with Crippen molar-refractivity contribution in [1.82, 2.24) is 9.88 Å². The molecule has 2 N–H and O–H groups in total. The van der Waals surface area contributed by atoms with Crippen LogP contribution in [0.2, 0.25) is 0 Å². The molecule has 1 aromatic rings. The van der Waals surface area contributed by atoms with Gasteiger partial charge >= 0.3 is 5.97 Å². The van der Waals surface area contributed by atoms with Crippen molar-refractivity contribution in [3.63, 3.8) is 0 Å². The van der Waals surface area contributed by atoms with Crippen LogP contribution in [0.3, 0.4) is 0 Å². The van der Waals surface area contributed by atoms with Gasteiger partial charge in [-0.15, -0.1) is 0 Å². The molecule has 0 unspecified atom stereocenters. The summed E-state index contributed by atoms with van der Waals surface area (Å²) in [6, 6.07) is 1.72. The molecule has 0 spiro atoms. The predicted molar refractivity (Wildman–Crippen MR) is 64.7 cm³/mol. The number of amides is 1. The fourth-order valence-corrected chi connectivity index (χ4v) is 2.47. The second-order valence-electron chi connectivity index (χ2n) is 4.33. The smallest absolute Gasteiger partial charge is 0.306 e. The van der Waals surface area contributed by atoms with E-state index in [0.29, 0.717) is 18.5 Å². The van der Waals surface area contributed by atoms with Crippen LogP contribution in [-0.4, -0.2) is 27.6 Å². The van der Waals surface area contributed by atoms with Gasteiger partial charge in [0.15, 0.2) is 0 Å². The number of nitrogens with zero attached hydrogens (tertiary/aromatic N) is 1. The van der Waals surface area contributed by atoms with Gasteiger partial charge in [0.2, 0.25) is 0 Å². The molecule has 0 saturated heterocycles. The van der Waals surface area contributed by atoms with Crippen molar-refractivity contribution in [1.29, 1.82) is 0 Å². The number of carbonyl (C=O) groups is 2. The molecule has 0 atom stereocenters. The molecule has 5 nitrogen and oxygen atoms in total. The maximum absolute atomic E-state index is 11.9. The van der Waals surface area contributed by atoms with Crippen LogP contribution in [0, 0.1) is 5.92 Å². The first-order valence-electron chi connectivity index (χ1n) is 5.33. The lowest BCUT2D eigenvalue weighted by molar-refractivity contribution is -0.145. The molecule has 1 saturated carbocycles. The van der Waals surface area contributed by atoms with Gasteiger partial charge in [-0.25, -0.2) is 0 Å². The van der Waals surface area contributed by atoms with Gasteiger partial charge in [0.1, 0.15) is 5.69 Å². The number of carboxylic acid groups (broad SMARTS) is 1. The average molecular weight is 301 g/mol. The third-order valence-corrected chi connectivity index (χ3v) is 3.46. The zero-order valence-electron chi connectivity index (χ0n) is 9.31. The Morgan fingerprint density at radius 2 is 2.18 bits per heavy atom. The summed E-state index contributed by atoms with van der Waals surface area (Å²) in [5, 5.41) is 11.6. The van der Waals surface area contributed by atoms with E-state index in [2.05, 4.69) is 21.2 Å². The summed E-state index contributed by atoms with van der Waals surface area (Å²) < 4.78 is 2.58. The highest BCUT2D eigenvalue weighted by Crippen LogP contribution is 2.27. The number of nitrogens with one attached hydrogen (secondary N) is 1. The summed E-state index contributed by atoms with van der Waals surface area (Å²) in [7, 11) is 1.79. The Balaban J connectivity index is 1.91. The number of aromatic nitrogens is 1. The van der Waals surface area contributed by atoms with Crippen LogP contribution in [0.25, 0.3) is 0 Å². The molecular weight excluding hydrogens is 288 g/mol. The number of hydrogen-bond acceptors (Lipinski definition) is 2. The highest BCUT2D eigenvalue weighted by atomic mass is 79.9. The normalized spacial score (nSPS) is 22.9. The van der Waals surface area contributed by atoms with Gasteiger partial charge in [-0.2, -0.15) is 0 Å². The van der Waals surface area contributed by atoms with Crippen molar-refractivity contribution in [2.45, 2.75) is 18.9 Å². The number of carboxylic acids is 1. The van der Waals surface area contributed by atoms with Crippen LogP contribution >= 0.6 is 15.9 Å². The zero-order valence-corrected chi connectivity index (χ0v) is 10.9. The van der Waals surface area contributed by atoms with E-state index >= 15 is 0 Å². The van der Waals surface area contributed by atoms with Gasteiger partial charge in [-0.1, -0.05) is 0 Å². The zero-order chi connectivity index (χ0) is 12.6. The summed E-state index contributed by atoms with van der Waals surface area (Å²) in [5.74, 6) is -1.25. The first-order chi connectivity index (χ1) is 7.97. The van der Waals surface area contributed by atoms with E-state index in [4.69, 9.17) is 5.11 Å². The van der Waals surface area contributed by atoms with Crippen LogP contribution in [-0.2, 0) is 11.8 Å². The lowest BCUT2D eigenvalue weighted by Gasteiger charge is -2.32.